The summed E-state index contributed by atoms with van der Waals surface area (Å²) in [5.74, 6) is 1.07. The SMILES string of the molecule is CCN=C(NC1CC(OCC)C12CCC2)N1CCS(=O)(=O)C(C)(C)C1.I. The van der Waals surface area contributed by atoms with Crippen molar-refractivity contribution in [3.63, 3.8) is 0 Å². The van der Waals surface area contributed by atoms with Crippen molar-refractivity contribution < 1.29 is 13.2 Å². The summed E-state index contributed by atoms with van der Waals surface area (Å²) < 4.78 is 29.8. The molecule has 0 aromatic carbocycles. The first-order chi connectivity index (χ1) is 11.8. The molecule has 0 amide bonds. The third-order valence-corrected chi connectivity index (χ3v) is 8.92. The van der Waals surface area contributed by atoms with Gasteiger partial charge in [-0.3, -0.25) is 4.99 Å². The third kappa shape index (κ3) is 3.74. The fraction of sp³-hybridized carbons (Fsp3) is 0.944. The fourth-order valence-electron chi connectivity index (χ4n) is 4.51. The Morgan fingerprint density at radius 3 is 2.50 bits per heavy atom. The molecule has 0 aromatic rings. The number of nitrogens with zero attached hydrogens (tertiary/aromatic N) is 2. The molecular weight excluding hydrogens is 465 g/mol. The molecule has 2 aliphatic carbocycles. The smallest absolute Gasteiger partial charge is 0.194 e. The molecule has 3 fully saturated rings. The van der Waals surface area contributed by atoms with E-state index in [9.17, 15) is 8.42 Å². The van der Waals surface area contributed by atoms with Gasteiger partial charge in [-0.1, -0.05) is 6.42 Å². The summed E-state index contributed by atoms with van der Waals surface area (Å²) in [6.07, 6.45) is 5.09. The number of halogens is 1. The van der Waals surface area contributed by atoms with Crippen LogP contribution in [0.3, 0.4) is 0 Å². The van der Waals surface area contributed by atoms with E-state index in [1.165, 1.54) is 19.3 Å². The first-order valence-electron chi connectivity index (χ1n) is 9.65. The zero-order valence-corrected chi connectivity index (χ0v) is 19.6. The second kappa shape index (κ2) is 8.11. The molecule has 6 nitrogen and oxygen atoms in total. The molecule has 0 radical (unpaired) electrons. The highest BCUT2D eigenvalue weighted by Crippen LogP contribution is 2.57. The molecule has 2 atom stereocenters. The zero-order chi connectivity index (χ0) is 18.3. The number of ether oxygens (including phenoxy) is 1. The highest BCUT2D eigenvalue weighted by molar-refractivity contribution is 14.0. The van der Waals surface area contributed by atoms with E-state index in [0.29, 0.717) is 31.8 Å². The van der Waals surface area contributed by atoms with Crippen LogP contribution in [0.25, 0.3) is 0 Å². The first kappa shape index (κ1) is 22.2. The average molecular weight is 499 g/mol. The van der Waals surface area contributed by atoms with Crippen LogP contribution >= 0.6 is 24.0 Å². The lowest BCUT2D eigenvalue weighted by Gasteiger charge is -2.61. The molecule has 3 rings (SSSR count). The second-order valence-electron chi connectivity index (χ2n) is 8.26. The lowest BCUT2D eigenvalue weighted by atomic mass is 9.51. The molecule has 1 spiro atoms. The van der Waals surface area contributed by atoms with Gasteiger partial charge in [-0.2, -0.15) is 0 Å². The van der Waals surface area contributed by atoms with Crippen LogP contribution in [0.4, 0.5) is 0 Å². The summed E-state index contributed by atoms with van der Waals surface area (Å²) in [5, 5.41) is 3.67. The maximum absolute atomic E-state index is 12.3. The van der Waals surface area contributed by atoms with E-state index in [1.807, 2.05) is 20.8 Å². The molecule has 0 aromatic heterocycles. The summed E-state index contributed by atoms with van der Waals surface area (Å²) in [6.45, 7) is 10.2. The molecule has 152 valence electrons. The van der Waals surface area contributed by atoms with E-state index in [1.54, 1.807) is 0 Å². The van der Waals surface area contributed by atoms with Gasteiger partial charge >= 0.3 is 0 Å². The van der Waals surface area contributed by atoms with Gasteiger partial charge in [-0.05, 0) is 47.0 Å². The predicted octanol–water partition coefficient (Wildman–Crippen LogP) is 2.43. The average Bonchev–Trinajstić information content (AvgIpc) is 2.46. The van der Waals surface area contributed by atoms with Crippen molar-refractivity contribution >= 4 is 39.8 Å². The van der Waals surface area contributed by atoms with Crippen LogP contribution in [-0.2, 0) is 14.6 Å². The number of hydrogen-bond acceptors (Lipinski definition) is 4. The number of rotatable bonds is 4. The van der Waals surface area contributed by atoms with Gasteiger partial charge in [-0.25, -0.2) is 8.42 Å². The summed E-state index contributed by atoms with van der Waals surface area (Å²) in [6, 6.07) is 0.393. The lowest BCUT2D eigenvalue weighted by molar-refractivity contribution is -0.169. The van der Waals surface area contributed by atoms with Gasteiger partial charge in [0.05, 0.1) is 16.6 Å². The highest BCUT2D eigenvalue weighted by atomic mass is 127. The van der Waals surface area contributed by atoms with Crippen LogP contribution < -0.4 is 5.32 Å². The number of guanidine groups is 1. The van der Waals surface area contributed by atoms with Crippen LogP contribution in [0, 0.1) is 5.41 Å². The van der Waals surface area contributed by atoms with Crippen molar-refractivity contribution in [1.29, 1.82) is 0 Å². The molecule has 0 bridgehead atoms. The van der Waals surface area contributed by atoms with Crippen molar-refractivity contribution in [2.45, 2.75) is 70.3 Å². The number of nitrogens with one attached hydrogen (secondary N) is 1. The van der Waals surface area contributed by atoms with Crippen LogP contribution in [0.2, 0.25) is 0 Å². The quantitative estimate of drug-likeness (QED) is 0.366. The molecule has 3 aliphatic rings. The molecule has 1 N–H and O–H groups in total. The molecule has 26 heavy (non-hydrogen) atoms. The fourth-order valence-corrected chi connectivity index (χ4v) is 5.87. The summed E-state index contributed by atoms with van der Waals surface area (Å²) in [7, 11) is -3.04. The Bertz CT molecular complexity index is 632. The largest absolute Gasteiger partial charge is 0.378 e. The number of sulfone groups is 1. The summed E-state index contributed by atoms with van der Waals surface area (Å²) in [5.41, 5.74) is 0.266. The molecule has 8 heteroatoms. The van der Waals surface area contributed by atoms with Gasteiger partial charge in [0.15, 0.2) is 15.8 Å². The van der Waals surface area contributed by atoms with E-state index in [4.69, 9.17) is 4.74 Å². The maximum atomic E-state index is 12.3. The molecule has 2 unspecified atom stereocenters. The first-order valence-corrected chi connectivity index (χ1v) is 11.3. The summed E-state index contributed by atoms with van der Waals surface area (Å²) in [4.78, 5) is 6.80. The number of aliphatic imine (C=N–C) groups is 1. The molecule has 1 heterocycles. The van der Waals surface area contributed by atoms with Gasteiger partial charge in [0.1, 0.15) is 0 Å². The number of hydrogen-bond donors (Lipinski definition) is 1. The van der Waals surface area contributed by atoms with Crippen molar-refractivity contribution in [3.05, 3.63) is 0 Å². The second-order valence-corrected chi connectivity index (χ2v) is 11.0. The van der Waals surface area contributed by atoms with E-state index < -0.39 is 14.6 Å². The predicted molar refractivity (Wildman–Crippen MR) is 116 cm³/mol. The van der Waals surface area contributed by atoms with E-state index in [-0.39, 0.29) is 35.1 Å². The Morgan fingerprint density at radius 2 is 2.00 bits per heavy atom. The Morgan fingerprint density at radius 1 is 1.31 bits per heavy atom. The molecule has 2 saturated carbocycles. The van der Waals surface area contributed by atoms with Crippen LogP contribution in [0.1, 0.15) is 53.4 Å². The van der Waals surface area contributed by atoms with E-state index in [2.05, 4.69) is 22.1 Å². The van der Waals surface area contributed by atoms with Crippen molar-refractivity contribution in [1.82, 2.24) is 10.2 Å². The normalized spacial score (nSPS) is 31.5. The van der Waals surface area contributed by atoms with Gasteiger partial charge in [0.2, 0.25) is 0 Å². The van der Waals surface area contributed by atoms with Crippen LogP contribution in [0.5, 0.6) is 0 Å². The lowest BCUT2D eigenvalue weighted by Crippen LogP contribution is -2.69. The van der Waals surface area contributed by atoms with Crippen molar-refractivity contribution in [2.75, 3.05) is 32.0 Å². The standard InChI is InChI=1S/C18H33N3O3S.HI/c1-5-19-16(21-10-11-25(22,23)17(3,4)13-21)20-14-12-15(24-6-2)18(14)8-7-9-18;/h14-15H,5-13H2,1-4H3,(H,19,20);1H. The monoisotopic (exact) mass is 499 g/mol. The highest BCUT2D eigenvalue weighted by Gasteiger charge is 2.59. The minimum atomic E-state index is -3.04. The Balaban J connectivity index is 0.00000243. The maximum Gasteiger partial charge on any atom is 0.194 e. The van der Waals surface area contributed by atoms with Gasteiger partial charge in [0, 0.05) is 37.7 Å². The minimum Gasteiger partial charge on any atom is -0.378 e. The molecule has 1 aliphatic heterocycles. The summed E-state index contributed by atoms with van der Waals surface area (Å²) >= 11 is 0. The zero-order valence-electron chi connectivity index (χ0n) is 16.5. The molecular formula is C18H34IN3O3S. The van der Waals surface area contributed by atoms with Crippen LogP contribution in [-0.4, -0.2) is 68.2 Å². The van der Waals surface area contributed by atoms with Gasteiger partial charge < -0.3 is 15.0 Å². The Kier molecular flexibility index (Phi) is 6.92. The topological polar surface area (TPSA) is 71.0 Å². The third-order valence-electron chi connectivity index (χ3n) is 6.39. The van der Waals surface area contributed by atoms with E-state index >= 15 is 0 Å². The van der Waals surface area contributed by atoms with Gasteiger partial charge in [-0.15, -0.1) is 24.0 Å². The van der Waals surface area contributed by atoms with Crippen molar-refractivity contribution in [2.24, 2.45) is 10.4 Å². The van der Waals surface area contributed by atoms with E-state index in [0.717, 1.165) is 19.0 Å². The Hall–Kier alpha value is -0.0900. The van der Waals surface area contributed by atoms with Crippen molar-refractivity contribution in [3.8, 4) is 0 Å². The van der Waals surface area contributed by atoms with Gasteiger partial charge in [0.25, 0.3) is 0 Å². The van der Waals surface area contributed by atoms with Crippen LogP contribution in [0.15, 0.2) is 4.99 Å². The Labute approximate surface area is 175 Å². The molecule has 1 saturated heterocycles. The minimum absolute atomic E-state index is 0.